The Labute approximate surface area is 118 Å². The van der Waals surface area contributed by atoms with Crippen LogP contribution in [-0.2, 0) is 4.79 Å². The molecule has 2 aromatic carbocycles. The van der Waals surface area contributed by atoms with E-state index in [1.54, 1.807) is 7.11 Å². The Morgan fingerprint density at radius 2 is 1.65 bits per heavy atom. The minimum atomic E-state index is 0.736. The van der Waals surface area contributed by atoms with E-state index in [1.807, 2.05) is 54.6 Å². The lowest BCUT2D eigenvalue weighted by molar-refractivity contribution is -0.103. The van der Waals surface area contributed by atoms with E-state index < -0.39 is 0 Å². The molecule has 0 heterocycles. The van der Waals surface area contributed by atoms with E-state index in [9.17, 15) is 4.79 Å². The largest absolute Gasteiger partial charge is 0.497 e. The number of rotatable bonds is 3. The van der Waals surface area contributed by atoms with Gasteiger partial charge in [0.1, 0.15) is 5.75 Å². The minimum absolute atomic E-state index is 0.736. The molecule has 0 unspecified atom stereocenters. The average Bonchev–Trinajstić information content (AvgIpc) is 2.86. The van der Waals surface area contributed by atoms with E-state index in [2.05, 4.69) is 6.08 Å². The van der Waals surface area contributed by atoms with Gasteiger partial charge in [-0.25, -0.2) is 0 Å². The fraction of sp³-hybridized carbons (Fsp3) is 0.0556. The molecule has 0 saturated heterocycles. The number of ether oxygens (including phenoxy) is 1. The highest BCUT2D eigenvalue weighted by molar-refractivity contribution is 6.18. The predicted molar refractivity (Wildman–Crippen MR) is 81.3 cm³/mol. The van der Waals surface area contributed by atoms with Gasteiger partial charge in [-0.1, -0.05) is 36.4 Å². The summed E-state index contributed by atoms with van der Waals surface area (Å²) in [5, 5.41) is 0. The summed E-state index contributed by atoms with van der Waals surface area (Å²) in [6, 6.07) is 15.8. The summed E-state index contributed by atoms with van der Waals surface area (Å²) in [6.45, 7) is 0. The molecular weight excluding hydrogens is 248 g/mol. The fourth-order valence-corrected chi connectivity index (χ4v) is 2.41. The fourth-order valence-electron chi connectivity index (χ4n) is 2.41. The topological polar surface area (TPSA) is 26.3 Å². The number of hydrogen-bond acceptors (Lipinski definition) is 2. The highest BCUT2D eigenvalue weighted by atomic mass is 16.5. The van der Waals surface area contributed by atoms with Gasteiger partial charge in [0.25, 0.3) is 0 Å². The summed E-state index contributed by atoms with van der Waals surface area (Å²) in [4.78, 5) is 11.1. The number of methoxy groups -OCH3 is 1. The molecule has 2 nitrogen and oxygen atoms in total. The Kier molecular flexibility index (Phi) is 3.21. The summed E-state index contributed by atoms with van der Waals surface area (Å²) in [6.07, 6.45) is 4.92. The maximum absolute atomic E-state index is 11.1. The first-order valence-corrected chi connectivity index (χ1v) is 6.44. The van der Waals surface area contributed by atoms with Gasteiger partial charge < -0.3 is 4.74 Å². The number of allylic oxidation sites excluding steroid dienone is 3. The lowest BCUT2D eigenvalue weighted by Gasteiger charge is -2.03. The summed E-state index contributed by atoms with van der Waals surface area (Å²) in [5.41, 5.74) is 4.99. The number of benzene rings is 2. The van der Waals surface area contributed by atoms with Crippen molar-refractivity contribution in [2.75, 3.05) is 7.11 Å². The van der Waals surface area contributed by atoms with Crippen molar-refractivity contribution in [3.8, 4) is 5.75 Å². The SMILES string of the molecule is COc1ccc(/C=C2/C=C(C=O)c3ccccc32)cc1. The highest BCUT2D eigenvalue weighted by Gasteiger charge is 2.16. The Morgan fingerprint density at radius 3 is 2.30 bits per heavy atom. The van der Waals surface area contributed by atoms with Gasteiger partial charge in [0, 0.05) is 5.57 Å². The highest BCUT2D eigenvalue weighted by Crippen LogP contribution is 2.35. The van der Waals surface area contributed by atoms with Crippen molar-refractivity contribution in [1.82, 2.24) is 0 Å². The van der Waals surface area contributed by atoms with Crippen molar-refractivity contribution in [2.24, 2.45) is 0 Å². The standard InChI is InChI=1S/C18H14O2/c1-20-16-8-6-13(7-9-16)10-14-11-15(12-19)18-5-3-2-4-17(14)18/h2-12H,1H3/b14-10-. The van der Waals surface area contributed by atoms with Gasteiger partial charge in [0.2, 0.25) is 0 Å². The van der Waals surface area contributed by atoms with Crippen molar-refractivity contribution >= 4 is 23.5 Å². The molecule has 0 aromatic heterocycles. The summed E-state index contributed by atoms with van der Waals surface area (Å²) in [5.74, 6) is 0.836. The van der Waals surface area contributed by atoms with E-state index in [0.29, 0.717) is 0 Å². The predicted octanol–water partition coefficient (Wildman–Crippen LogP) is 3.83. The van der Waals surface area contributed by atoms with Crippen LogP contribution in [0.25, 0.3) is 17.2 Å². The third-order valence-electron chi connectivity index (χ3n) is 3.43. The second kappa shape index (κ2) is 5.17. The van der Waals surface area contributed by atoms with Crippen molar-refractivity contribution in [3.63, 3.8) is 0 Å². The molecule has 0 amide bonds. The monoisotopic (exact) mass is 262 g/mol. The number of carbonyl (C=O) groups excluding carboxylic acids is 1. The number of hydrogen-bond donors (Lipinski definition) is 0. The summed E-state index contributed by atoms with van der Waals surface area (Å²) < 4.78 is 5.15. The number of aldehydes is 1. The smallest absolute Gasteiger partial charge is 0.150 e. The van der Waals surface area contributed by atoms with Crippen molar-refractivity contribution < 1.29 is 9.53 Å². The molecule has 0 spiro atoms. The van der Waals surface area contributed by atoms with Crippen LogP contribution in [0.1, 0.15) is 16.7 Å². The molecule has 1 aliphatic carbocycles. The zero-order chi connectivity index (χ0) is 13.9. The first-order chi connectivity index (χ1) is 9.81. The zero-order valence-electron chi connectivity index (χ0n) is 11.2. The van der Waals surface area contributed by atoms with Crippen molar-refractivity contribution in [3.05, 3.63) is 71.3 Å². The molecule has 0 atom stereocenters. The molecule has 0 saturated carbocycles. The van der Waals surface area contributed by atoms with Gasteiger partial charge in [-0.05, 0) is 46.5 Å². The molecule has 0 radical (unpaired) electrons. The zero-order valence-corrected chi connectivity index (χ0v) is 11.2. The van der Waals surface area contributed by atoms with Gasteiger partial charge in [0.05, 0.1) is 7.11 Å². The summed E-state index contributed by atoms with van der Waals surface area (Å²) >= 11 is 0. The molecular formula is C18H14O2. The molecule has 0 aliphatic heterocycles. The van der Waals surface area contributed by atoms with E-state index >= 15 is 0 Å². The molecule has 0 N–H and O–H groups in total. The van der Waals surface area contributed by atoms with Crippen LogP contribution in [-0.4, -0.2) is 13.4 Å². The van der Waals surface area contributed by atoms with Crippen LogP contribution in [0, 0.1) is 0 Å². The maximum atomic E-state index is 11.1. The third-order valence-corrected chi connectivity index (χ3v) is 3.43. The van der Waals surface area contributed by atoms with Crippen LogP contribution in [0.4, 0.5) is 0 Å². The maximum Gasteiger partial charge on any atom is 0.150 e. The second-order valence-electron chi connectivity index (χ2n) is 4.64. The third kappa shape index (κ3) is 2.16. The molecule has 3 rings (SSSR count). The average molecular weight is 262 g/mol. The second-order valence-corrected chi connectivity index (χ2v) is 4.64. The molecule has 20 heavy (non-hydrogen) atoms. The quantitative estimate of drug-likeness (QED) is 0.786. The normalized spacial score (nSPS) is 14.8. The molecule has 2 heteroatoms. The molecule has 2 aromatic rings. The van der Waals surface area contributed by atoms with Crippen molar-refractivity contribution in [2.45, 2.75) is 0 Å². The molecule has 0 bridgehead atoms. The first-order valence-electron chi connectivity index (χ1n) is 6.44. The van der Waals surface area contributed by atoms with Crippen LogP contribution in [0.15, 0.2) is 54.6 Å². The van der Waals surface area contributed by atoms with Crippen LogP contribution in [0.5, 0.6) is 5.75 Å². The Morgan fingerprint density at radius 1 is 0.950 bits per heavy atom. The minimum Gasteiger partial charge on any atom is -0.497 e. The number of carbonyl (C=O) groups is 1. The van der Waals surface area contributed by atoms with Gasteiger partial charge in [-0.3, -0.25) is 4.79 Å². The molecule has 1 aliphatic rings. The lowest BCUT2D eigenvalue weighted by atomic mass is 10.0. The van der Waals surface area contributed by atoms with E-state index in [0.717, 1.165) is 39.9 Å². The van der Waals surface area contributed by atoms with Crippen molar-refractivity contribution in [1.29, 1.82) is 0 Å². The lowest BCUT2D eigenvalue weighted by Crippen LogP contribution is -1.84. The Balaban J connectivity index is 2.03. The van der Waals surface area contributed by atoms with Gasteiger partial charge in [-0.15, -0.1) is 0 Å². The van der Waals surface area contributed by atoms with Gasteiger partial charge in [0.15, 0.2) is 6.29 Å². The van der Waals surface area contributed by atoms with Crippen LogP contribution < -0.4 is 4.74 Å². The van der Waals surface area contributed by atoms with Crippen LogP contribution in [0.2, 0.25) is 0 Å². The molecule has 0 fully saturated rings. The Hall–Kier alpha value is -2.61. The van der Waals surface area contributed by atoms with Crippen LogP contribution in [0.3, 0.4) is 0 Å². The van der Waals surface area contributed by atoms with E-state index in [-0.39, 0.29) is 0 Å². The molecule has 98 valence electrons. The van der Waals surface area contributed by atoms with E-state index in [4.69, 9.17) is 4.74 Å². The number of fused-ring (bicyclic) bond motifs is 1. The Bertz CT molecular complexity index is 706. The van der Waals surface area contributed by atoms with Gasteiger partial charge >= 0.3 is 0 Å². The first kappa shape index (κ1) is 12.4. The van der Waals surface area contributed by atoms with Gasteiger partial charge in [-0.2, -0.15) is 0 Å². The summed E-state index contributed by atoms with van der Waals surface area (Å²) in [7, 11) is 1.65. The van der Waals surface area contributed by atoms with E-state index in [1.165, 1.54) is 0 Å². The van der Waals surface area contributed by atoms with Crippen LogP contribution >= 0.6 is 0 Å².